The van der Waals surface area contributed by atoms with E-state index in [9.17, 15) is 13.2 Å². The van der Waals surface area contributed by atoms with E-state index in [1.165, 1.54) is 11.3 Å². The molecule has 1 aromatic carbocycles. The Balaban J connectivity index is 2.03. The summed E-state index contributed by atoms with van der Waals surface area (Å²) in [4.78, 5) is 4.38. The van der Waals surface area contributed by atoms with Crippen LogP contribution >= 0.6 is 22.9 Å². The maximum atomic E-state index is 12.1. The molecule has 0 aliphatic carbocycles. The molecule has 2 aromatic rings. The first-order valence-electron chi connectivity index (χ1n) is 6.23. The predicted molar refractivity (Wildman–Crippen MR) is 77.4 cm³/mol. The lowest BCUT2D eigenvalue weighted by Gasteiger charge is -2.09. The van der Waals surface area contributed by atoms with Crippen molar-refractivity contribution in [2.75, 3.05) is 6.61 Å². The first kappa shape index (κ1) is 16.3. The molecule has 0 spiro atoms. The van der Waals surface area contributed by atoms with Crippen LogP contribution in [0.15, 0.2) is 29.6 Å². The molecule has 21 heavy (non-hydrogen) atoms. The Morgan fingerprint density at radius 1 is 1.24 bits per heavy atom. The third-order valence-electron chi connectivity index (χ3n) is 2.72. The molecule has 0 fully saturated rings. The van der Waals surface area contributed by atoms with Crippen molar-refractivity contribution in [3.63, 3.8) is 0 Å². The van der Waals surface area contributed by atoms with Gasteiger partial charge in [0, 0.05) is 10.9 Å². The van der Waals surface area contributed by atoms with Gasteiger partial charge in [0.1, 0.15) is 5.01 Å². The van der Waals surface area contributed by atoms with E-state index in [1.807, 2.05) is 29.6 Å². The number of alkyl halides is 4. The molecule has 0 aliphatic rings. The number of benzene rings is 1. The lowest BCUT2D eigenvalue weighted by Crippen LogP contribution is -2.11. The molecule has 0 N–H and O–H groups in total. The molecule has 0 saturated carbocycles. The zero-order chi connectivity index (χ0) is 15.3. The molecule has 114 valence electrons. The molecule has 0 bridgehead atoms. The maximum Gasteiger partial charge on any atom is 0.391 e. The smallest absolute Gasteiger partial charge is 0.376 e. The third-order valence-corrected chi connectivity index (χ3v) is 3.92. The van der Waals surface area contributed by atoms with Crippen molar-refractivity contribution < 1.29 is 17.9 Å². The minimum absolute atomic E-state index is 0.127. The summed E-state index contributed by atoms with van der Waals surface area (Å²) in [5.41, 5.74) is 2.46. The minimum atomic E-state index is -4.19. The normalized spacial score (nSPS) is 11.8. The topological polar surface area (TPSA) is 22.1 Å². The molecule has 0 amide bonds. The summed E-state index contributed by atoms with van der Waals surface area (Å²) >= 11 is 7.18. The SMILES string of the molecule is FC(F)(F)CCOCc1ccccc1-c1nc(CCl)cs1. The number of ether oxygens (including phenoxy) is 1. The number of rotatable bonds is 6. The molecule has 0 aliphatic heterocycles. The average molecular weight is 336 g/mol. The van der Waals surface area contributed by atoms with Gasteiger partial charge in [0.25, 0.3) is 0 Å². The largest absolute Gasteiger partial charge is 0.391 e. The first-order valence-corrected chi connectivity index (χ1v) is 7.64. The molecule has 2 rings (SSSR count). The molecular formula is C14H13ClF3NOS. The minimum Gasteiger partial charge on any atom is -0.376 e. The number of aromatic nitrogens is 1. The van der Waals surface area contributed by atoms with Gasteiger partial charge in [-0.1, -0.05) is 24.3 Å². The van der Waals surface area contributed by atoms with Gasteiger partial charge in [-0.15, -0.1) is 22.9 Å². The highest BCUT2D eigenvalue weighted by Crippen LogP contribution is 2.28. The quantitative estimate of drug-likeness (QED) is 0.546. The van der Waals surface area contributed by atoms with E-state index in [-0.39, 0.29) is 13.2 Å². The van der Waals surface area contributed by atoms with E-state index >= 15 is 0 Å². The molecule has 0 saturated heterocycles. The lowest BCUT2D eigenvalue weighted by atomic mass is 10.1. The molecule has 7 heteroatoms. The van der Waals surface area contributed by atoms with Gasteiger partial charge in [-0.3, -0.25) is 0 Å². The molecule has 1 aromatic heterocycles. The van der Waals surface area contributed by atoms with Crippen LogP contribution in [0, 0.1) is 0 Å². The predicted octanol–water partition coefficient (Wildman–Crippen LogP) is 5.02. The first-order chi connectivity index (χ1) is 9.99. The van der Waals surface area contributed by atoms with Crippen molar-refractivity contribution in [1.82, 2.24) is 4.98 Å². The van der Waals surface area contributed by atoms with Crippen LogP contribution in [-0.2, 0) is 17.2 Å². The summed E-state index contributed by atoms with van der Waals surface area (Å²) in [6.07, 6.45) is -5.13. The van der Waals surface area contributed by atoms with Crippen molar-refractivity contribution in [3.8, 4) is 10.6 Å². The number of halogens is 4. The van der Waals surface area contributed by atoms with Crippen molar-refractivity contribution >= 4 is 22.9 Å². The summed E-state index contributed by atoms with van der Waals surface area (Å²) in [6, 6.07) is 7.38. The second-order valence-electron chi connectivity index (χ2n) is 4.35. The highest BCUT2D eigenvalue weighted by Gasteiger charge is 2.26. The lowest BCUT2D eigenvalue weighted by molar-refractivity contribution is -0.146. The summed E-state index contributed by atoms with van der Waals surface area (Å²) in [5.74, 6) is 0.334. The summed E-state index contributed by atoms with van der Waals surface area (Å²) in [5, 5.41) is 2.66. The van der Waals surface area contributed by atoms with Crippen LogP contribution in [0.5, 0.6) is 0 Å². The van der Waals surface area contributed by atoms with Gasteiger partial charge in [0.05, 0.1) is 31.2 Å². The Morgan fingerprint density at radius 3 is 2.67 bits per heavy atom. The van der Waals surface area contributed by atoms with Crippen LogP contribution in [0.25, 0.3) is 10.6 Å². The van der Waals surface area contributed by atoms with Crippen LogP contribution in [0.4, 0.5) is 13.2 Å². The van der Waals surface area contributed by atoms with Gasteiger partial charge < -0.3 is 4.74 Å². The van der Waals surface area contributed by atoms with Crippen LogP contribution in [-0.4, -0.2) is 17.8 Å². The summed E-state index contributed by atoms with van der Waals surface area (Å²) < 4.78 is 41.3. The Kier molecular flexibility index (Phi) is 5.61. The molecule has 1 heterocycles. The van der Waals surface area contributed by atoms with Crippen LogP contribution in [0.3, 0.4) is 0 Å². The second-order valence-corrected chi connectivity index (χ2v) is 5.48. The van der Waals surface area contributed by atoms with E-state index in [0.29, 0.717) is 5.88 Å². The third kappa shape index (κ3) is 4.98. The fourth-order valence-electron chi connectivity index (χ4n) is 1.72. The van der Waals surface area contributed by atoms with E-state index < -0.39 is 12.6 Å². The summed E-state index contributed by atoms with van der Waals surface area (Å²) in [7, 11) is 0. The number of hydrogen-bond donors (Lipinski definition) is 0. The molecule has 0 atom stereocenters. The zero-order valence-electron chi connectivity index (χ0n) is 11.0. The van der Waals surface area contributed by atoms with Gasteiger partial charge in [-0.05, 0) is 5.56 Å². The molecule has 0 unspecified atom stereocenters. The zero-order valence-corrected chi connectivity index (χ0v) is 12.6. The van der Waals surface area contributed by atoms with E-state index in [1.54, 1.807) is 0 Å². The van der Waals surface area contributed by atoms with E-state index in [2.05, 4.69) is 4.98 Å². The van der Waals surface area contributed by atoms with Crippen molar-refractivity contribution in [2.45, 2.75) is 25.1 Å². The Morgan fingerprint density at radius 2 is 2.00 bits per heavy atom. The average Bonchev–Trinajstić information content (AvgIpc) is 2.92. The maximum absolute atomic E-state index is 12.1. The number of nitrogens with zero attached hydrogens (tertiary/aromatic N) is 1. The van der Waals surface area contributed by atoms with Crippen molar-refractivity contribution in [2.24, 2.45) is 0 Å². The highest BCUT2D eigenvalue weighted by atomic mass is 35.5. The van der Waals surface area contributed by atoms with Crippen molar-refractivity contribution in [3.05, 3.63) is 40.9 Å². The second kappa shape index (κ2) is 7.24. The van der Waals surface area contributed by atoms with Gasteiger partial charge >= 0.3 is 6.18 Å². The van der Waals surface area contributed by atoms with E-state index in [4.69, 9.17) is 16.3 Å². The molecule has 0 radical (unpaired) electrons. The Bertz CT molecular complexity index is 586. The molecule has 2 nitrogen and oxygen atoms in total. The fraction of sp³-hybridized carbons (Fsp3) is 0.357. The van der Waals surface area contributed by atoms with Crippen LogP contribution < -0.4 is 0 Å². The highest BCUT2D eigenvalue weighted by molar-refractivity contribution is 7.13. The van der Waals surface area contributed by atoms with Crippen LogP contribution in [0.1, 0.15) is 17.7 Å². The van der Waals surface area contributed by atoms with Gasteiger partial charge in [-0.2, -0.15) is 13.2 Å². The van der Waals surface area contributed by atoms with Gasteiger partial charge in [0.15, 0.2) is 0 Å². The van der Waals surface area contributed by atoms with E-state index in [0.717, 1.165) is 21.8 Å². The standard InChI is InChI=1S/C14H13ClF3NOS/c15-7-11-9-21-13(19-11)12-4-2-1-3-10(12)8-20-6-5-14(16,17)18/h1-4,9H,5-8H2. The van der Waals surface area contributed by atoms with Crippen LogP contribution in [0.2, 0.25) is 0 Å². The van der Waals surface area contributed by atoms with Crippen molar-refractivity contribution in [1.29, 1.82) is 0 Å². The molecular weight excluding hydrogens is 323 g/mol. The summed E-state index contributed by atoms with van der Waals surface area (Å²) in [6.45, 7) is -0.218. The number of hydrogen-bond acceptors (Lipinski definition) is 3. The van der Waals surface area contributed by atoms with Gasteiger partial charge in [0.2, 0.25) is 0 Å². The Labute approximate surface area is 129 Å². The monoisotopic (exact) mass is 335 g/mol. The Hall–Kier alpha value is -1.11. The van der Waals surface area contributed by atoms with Gasteiger partial charge in [-0.25, -0.2) is 4.98 Å². The number of thiazole rings is 1. The fourth-order valence-corrected chi connectivity index (χ4v) is 2.83.